The summed E-state index contributed by atoms with van der Waals surface area (Å²) in [7, 11) is -3.17. The fourth-order valence-corrected chi connectivity index (χ4v) is 4.30. The van der Waals surface area contributed by atoms with Gasteiger partial charge in [-0.15, -0.1) is 0 Å². The average molecular weight is 347 g/mol. The first-order valence-corrected chi connectivity index (χ1v) is 9.50. The highest BCUT2D eigenvalue weighted by Gasteiger charge is 2.42. The van der Waals surface area contributed by atoms with Crippen molar-refractivity contribution in [2.75, 3.05) is 18.8 Å². The van der Waals surface area contributed by atoms with Gasteiger partial charge in [0, 0.05) is 13.1 Å². The van der Waals surface area contributed by atoms with Crippen molar-refractivity contribution < 1.29 is 13.2 Å². The molecule has 0 spiro atoms. The topological polar surface area (TPSA) is 72.3 Å². The highest BCUT2D eigenvalue weighted by molar-refractivity contribution is 7.92. The number of rotatable bonds is 2. The summed E-state index contributed by atoms with van der Waals surface area (Å²) >= 11 is 0. The van der Waals surface area contributed by atoms with E-state index in [4.69, 9.17) is 0 Å². The Hall–Kier alpha value is -2.15. The largest absolute Gasteiger partial charge is 0.336 e. The monoisotopic (exact) mass is 347 g/mol. The summed E-state index contributed by atoms with van der Waals surface area (Å²) in [5.74, 6) is -0.171. The molecular weight excluding hydrogens is 326 g/mol. The third-order valence-corrected chi connectivity index (χ3v) is 7.10. The van der Waals surface area contributed by atoms with E-state index >= 15 is 0 Å². The van der Waals surface area contributed by atoms with Crippen LogP contribution < -0.4 is 0 Å². The molecular formula is C17H21N3O3S. The molecule has 0 N–H and O–H groups in total. The van der Waals surface area contributed by atoms with Gasteiger partial charge in [-0.2, -0.15) is 5.10 Å². The van der Waals surface area contributed by atoms with Crippen LogP contribution in [0.4, 0.5) is 0 Å². The van der Waals surface area contributed by atoms with Crippen molar-refractivity contribution in [2.45, 2.75) is 25.5 Å². The van der Waals surface area contributed by atoms with E-state index in [1.54, 1.807) is 29.6 Å². The Bertz CT molecular complexity index is 870. The van der Waals surface area contributed by atoms with E-state index in [0.29, 0.717) is 5.56 Å². The summed E-state index contributed by atoms with van der Waals surface area (Å²) < 4.78 is 25.0. The molecule has 1 saturated heterocycles. The number of carbonyl (C=O) groups is 1. The van der Waals surface area contributed by atoms with Gasteiger partial charge in [0.25, 0.3) is 5.91 Å². The van der Waals surface area contributed by atoms with Crippen LogP contribution in [0.15, 0.2) is 36.5 Å². The molecule has 0 bridgehead atoms. The molecule has 6 nitrogen and oxygen atoms in total. The first-order chi connectivity index (χ1) is 11.2. The van der Waals surface area contributed by atoms with Crippen molar-refractivity contribution in [2.24, 2.45) is 0 Å². The fraction of sp³-hybridized carbons (Fsp3) is 0.412. The lowest BCUT2D eigenvalue weighted by molar-refractivity contribution is 0.0743. The third-order valence-electron chi connectivity index (χ3n) is 4.57. The predicted molar refractivity (Wildman–Crippen MR) is 92.1 cm³/mol. The molecule has 1 aliphatic heterocycles. The van der Waals surface area contributed by atoms with Crippen LogP contribution in [-0.4, -0.2) is 52.6 Å². The number of hydrogen-bond donors (Lipinski definition) is 0. The summed E-state index contributed by atoms with van der Waals surface area (Å²) in [5, 5.41) is 4.32. The van der Waals surface area contributed by atoms with E-state index in [9.17, 15) is 13.2 Å². The quantitative estimate of drug-likeness (QED) is 0.831. The SMILES string of the molecule is Cc1c(C(=O)N2CCS(=O)(=O)C(C)(C)C2)cnn1-c1ccccc1. The van der Waals surface area contributed by atoms with E-state index in [0.717, 1.165) is 11.4 Å². The Kier molecular flexibility index (Phi) is 3.99. The second kappa shape index (κ2) is 5.73. The molecule has 0 saturated carbocycles. The minimum atomic E-state index is -3.17. The van der Waals surface area contributed by atoms with E-state index in [-0.39, 0.29) is 24.7 Å². The molecule has 3 rings (SSSR count). The van der Waals surface area contributed by atoms with Crippen LogP contribution in [0.1, 0.15) is 29.9 Å². The number of benzene rings is 1. The van der Waals surface area contributed by atoms with Gasteiger partial charge in [0.15, 0.2) is 9.84 Å². The van der Waals surface area contributed by atoms with E-state index in [2.05, 4.69) is 5.10 Å². The second-order valence-electron chi connectivity index (χ2n) is 6.70. The lowest BCUT2D eigenvalue weighted by Crippen LogP contribution is -2.54. The third kappa shape index (κ3) is 2.73. The maximum Gasteiger partial charge on any atom is 0.257 e. The minimum Gasteiger partial charge on any atom is -0.336 e. The lowest BCUT2D eigenvalue weighted by Gasteiger charge is -2.37. The van der Waals surface area contributed by atoms with E-state index in [1.807, 2.05) is 37.3 Å². The van der Waals surface area contributed by atoms with Crippen molar-refractivity contribution in [3.8, 4) is 5.69 Å². The summed E-state index contributed by atoms with van der Waals surface area (Å²) in [6, 6.07) is 9.59. The van der Waals surface area contributed by atoms with Gasteiger partial charge in [-0.25, -0.2) is 13.1 Å². The zero-order valence-corrected chi connectivity index (χ0v) is 14.9. The van der Waals surface area contributed by atoms with E-state index in [1.165, 1.54) is 0 Å². The molecule has 1 aromatic carbocycles. The lowest BCUT2D eigenvalue weighted by atomic mass is 10.1. The molecule has 128 valence electrons. The average Bonchev–Trinajstić information content (AvgIpc) is 2.92. The Balaban J connectivity index is 1.88. The Morgan fingerprint density at radius 1 is 1.21 bits per heavy atom. The number of sulfone groups is 1. The Morgan fingerprint density at radius 2 is 1.88 bits per heavy atom. The molecule has 0 atom stereocenters. The van der Waals surface area contributed by atoms with Crippen molar-refractivity contribution in [1.82, 2.24) is 14.7 Å². The zero-order chi connectivity index (χ0) is 17.5. The first-order valence-electron chi connectivity index (χ1n) is 7.84. The van der Waals surface area contributed by atoms with Crippen LogP contribution in [0.2, 0.25) is 0 Å². The Morgan fingerprint density at radius 3 is 2.50 bits per heavy atom. The van der Waals surface area contributed by atoms with Crippen LogP contribution in [0, 0.1) is 6.92 Å². The van der Waals surface area contributed by atoms with Crippen molar-refractivity contribution in [1.29, 1.82) is 0 Å². The first kappa shape index (κ1) is 16.7. The highest BCUT2D eigenvalue weighted by Crippen LogP contribution is 2.25. The van der Waals surface area contributed by atoms with Gasteiger partial charge < -0.3 is 4.90 Å². The van der Waals surface area contributed by atoms with Crippen LogP contribution in [0.5, 0.6) is 0 Å². The standard InChI is InChI=1S/C17H21N3O3S/c1-13-15(11-18-20(13)14-7-5-4-6-8-14)16(21)19-9-10-24(22,23)17(2,3)12-19/h4-8,11H,9-10,12H2,1-3H3. The smallest absolute Gasteiger partial charge is 0.257 e. The fourth-order valence-electron chi connectivity index (χ4n) is 2.94. The van der Waals surface area contributed by atoms with Gasteiger partial charge >= 0.3 is 0 Å². The number of carbonyl (C=O) groups excluding carboxylic acids is 1. The number of amides is 1. The molecule has 24 heavy (non-hydrogen) atoms. The van der Waals surface area contributed by atoms with Crippen molar-refractivity contribution in [3.63, 3.8) is 0 Å². The predicted octanol–water partition coefficient (Wildman–Crippen LogP) is 1.83. The van der Waals surface area contributed by atoms with Crippen LogP contribution in [0.3, 0.4) is 0 Å². The van der Waals surface area contributed by atoms with Crippen LogP contribution in [-0.2, 0) is 9.84 Å². The number of para-hydroxylation sites is 1. The number of nitrogens with zero attached hydrogens (tertiary/aromatic N) is 3. The highest BCUT2D eigenvalue weighted by atomic mass is 32.2. The molecule has 2 heterocycles. The van der Waals surface area contributed by atoms with Crippen molar-refractivity contribution >= 4 is 15.7 Å². The summed E-state index contributed by atoms with van der Waals surface area (Å²) in [6.45, 7) is 5.60. The number of aromatic nitrogens is 2. The molecule has 1 aliphatic rings. The molecule has 1 amide bonds. The van der Waals surface area contributed by atoms with Crippen molar-refractivity contribution in [3.05, 3.63) is 47.8 Å². The molecule has 0 unspecified atom stereocenters. The van der Waals surface area contributed by atoms with Gasteiger partial charge in [-0.1, -0.05) is 18.2 Å². The molecule has 0 aliphatic carbocycles. The summed E-state index contributed by atoms with van der Waals surface area (Å²) in [5.41, 5.74) is 2.14. The van der Waals surface area contributed by atoms with Crippen LogP contribution in [0.25, 0.3) is 5.69 Å². The van der Waals surface area contributed by atoms with Gasteiger partial charge in [0.1, 0.15) is 0 Å². The van der Waals surface area contributed by atoms with Gasteiger partial charge in [-0.3, -0.25) is 4.79 Å². The molecule has 1 fully saturated rings. The molecule has 2 aromatic rings. The maximum atomic E-state index is 12.8. The molecule has 7 heteroatoms. The Labute approximate surface area is 142 Å². The summed E-state index contributed by atoms with van der Waals surface area (Å²) in [4.78, 5) is 14.5. The zero-order valence-electron chi connectivity index (χ0n) is 14.1. The molecule has 1 aromatic heterocycles. The van der Waals surface area contributed by atoms with Gasteiger partial charge in [0.05, 0.1) is 33.6 Å². The maximum absolute atomic E-state index is 12.8. The molecule has 0 radical (unpaired) electrons. The van der Waals surface area contributed by atoms with Gasteiger partial charge in [-0.05, 0) is 32.9 Å². The minimum absolute atomic E-state index is 0.00237. The number of hydrogen-bond acceptors (Lipinski definition) is 4. The second-order valence-corrected chi connectivity index (χ2v) is 9.44. The summed E-state index contributed by atoms with van der Waals surface area (Å²) in [6.07, 6.45) is 1.56. The normalized spacial score (nSPS) is 19.2. The van der Waals surface area contributed by atoms with Gasteiger partial charge in [0.2, 0.25) is 0 Å². The van der Waals surface area contributed by atoms with Crippen LogP contribution >= 0.6 is 0 Å². The van der Waals surface area contributed by atoms with E-state index < -0.39 is 14.6 Å².